The van der Waals surface area contributed by atoms with Gasteiger partial charge in [0.2, 0.25) is 0 Å². The van der Waals surface area contributed by atoms with Crippen molar-refractivity contribution in [1.82, 2.24) is 20.0 Å². The van der Waals surface area contributed by atoms with Crippen LogP contribution < -0.4 is 5.32 Å². The largest absolute Gasteiger partial charge is 0.331 e. The molecule has 2 fully saturated rings. The van der Waals surface area contributed by atoms with Gasteiger partial charge in [0.25, 0.3) is 0 Å². The molecule has 1 N–H and O–H groups in total. The zero-order valence-corrected chi connectivity index (χ0v) is 22.0. The van der Waals surface area contributed by atoms with Gasteiger partial charge in [-0.2, -0.15) is 5.10 Å². The molecule has 1 unspecified atom stereocenters. The van der Waals surface area contributed by atoms with Crippen LogP contribution in [0.2, 0.25) is 0 Å². The van der Waals surface area contributed by atoms with Crippen LogP contribution in [0.15, 0.2) is 60.3 Å². The summed E-state index contributed by atoms with van der Waals surface area (Å²) >= 11 is 0. The standard InChI is InChI=1S/C32H35FN4O/c1-36(25-7-3-2-4-8-25)31(38)35-29-17-22-11-12-23-18-30-21(19-32(22,23)28-10-6-5-9-27(28)29)20-34-37(30)26-15-13-24(33)14-16-26/h5-6,9-10,13-16,18,20,22,25,29H,2-4,7-8,11-12,17,19H2,1H3,(H,35,38)/t22-,29?,32+/m1/s1. The highest BCUT2D eigenvalue weighted by atomic mass is 19.1. The Hall–Kier alpha value is -3.41. The number of nitrogens with one attached hydrogen (secondary N) is 1. The van der Waals surface area contributed by atoms with Crippen LogP contribution >= 0.6 is 0 Å². The average molecular weight is 511 g/mol. The van der Waals surface area contributed by atoms with Gasteiger partial charge >= 0.3 is 6.03 Å². The van der Waals surface area contributed by atoms with E-state index in [1.807, 2.05) is 22.8 Å². The van der Waals surface area contributed by atoms with Crippen LogP contribution in [0.3, 0.4) is 0 Å². The second-order valence-electron chi connectivity index (χ2n) is 11.7. The molecule has 6 heteroatoms. The molecular formula is C32H35FN4O. The van der Waals surface area contributed by atoms with Crippen LogP contribution in [0.5, 0.6) is 0 Å². The van der Waals surface area contributed by atoms with Gasteiger partial charge in [-0.3, -0.25) is 0 Å². The van der Waals surface area contributed by atoms with Gasteiger partial charge in [-0.05, 0) is 91.5 Å². The van der Waals surface area contributed by atoms with Gasteiger partial charge in [-0.25, -0.2) is 13.9 Å². The topological polar surface area (TPSA) is 50.2 Å². The zero-order valence-electron chi connectivity index (χ0n) is 22.0. The molecule has 1 spiro atoms. The van der Waals surface area contributed by atoms with E-state index in [1.165, 1.54) is 53.7 Å². The van der Waals surface area contributed by atoms with Crippen LogP contribution in [0.4, 0.5) is 9.18 Å². The number of rotatable bonds is 3. The maximum absolute atomic E-state index is 13.5. The van der Waals surface area contributed by atoms with E-state index in [-0.39, 0.29) is 23.3 Å². The Kier molecular flexibility index (Phi) is 5.68. The summed E-state index contributed by atoms with van der Waals surface area (Å²) in [7, 11) is 1.97. The molecule has 5 nitrogen and oxygen atoms in total. The number of halogens is 1. The number of amides is 2. The van der Waals surface area contributed by atoms with Crippen LogP contribution in [-0.4, -0.2) is 33.8 Å². The first-order chi connectivity index (χ1) is 18.5. The fourth-order valence-electron chi connectivity index (χ4n) is 7.90. The van der Waals surface area contributed by atoms with Crippen molar-refractivity contribution in [3.63, 3.8) is 0 Å². The molecule has 0 radical (unpaired) electrons. The third-order valence-electron chi connectivity index (χ3n) is 9.85. The van der Waals surface area contributed by atoms with Crippen LogP contribution in [0.25, 0.3) is 11.8 Å². The van der Waals surface area contributed by atoms with Crippen molar-refractivity contribution in [2.24, 2.45) is 5.92 Å². The van der Waals surface area contributed by atoms with Crippen LogP contribution in [0.1, 0.15) is 79.8 Å². The van der Waals surface area contributed by atoms with E-state index < -0.39 is 0 Å². The summed E-state index contributed by atoms with van der Waals surface area (Å²) in [4.78, 5) is 15.3. The lowest BCUT2D eigenvalue weighted by molar-refractivity contribution is 0.164. The summed E-state index contributed by atoms with van der Waals surface area (Å²) in [5.74, 6) is 0.229. The SMILES string of the molecule is CN(C(=O)NC1C[C@H]2CCC3=Cc4c(cnn4-c4ccc(F)cc4)C[C@@]32c2ccccc21)C1CCCCC1. The van der Waals surface area contributed by atoms with Crippen molar-refractivity contribution in [3.8, 4) is 5.69 Å². The molecule has 2 amide bonds. The molecule has 1 heterocycles. The van der Waals surface area contributed by atoms with Crippen molar-refractivity contribution in [2.45, 2.75) is 75.3 Å². The molecule has 3 atom stereocenters. The minimum atomic E-state index is -0.240. The second kappa shape index (κ2) is 9.11. The van der Waals surface area contributed by atoms with Crippen molar-refractivity contribution in [2.75, 3.05) is 7.05 Å². The lowest BCUT2D eigenvalue weighted by Gasteiger charge is -2.47. The molecule has 3 aromatic rings. The van der Waals surface area contributed by atoms with Gasteiger partial charge in [0.1, 0.15) is 5.82 Å². The van der Waals surface area contributed by atoms with Crippen molar-refractivity contribution in [1.29, 1.82) is 0 Å². The normalized spacial score (nSPS) is 26.0. The molecule has 0 bridgehead atoms. The van der Waals surface area contributed by atoms with Gasteiger partial charge < -0.3 is 10.2 Å². The minimum Gasteiger partial charge on any atom is -0.331 e. The summed E-state index contributed by atoms with van der Waals surface area (Å²) in [6.45, 7) is 0. The molecule has 196 valence electrons. The number of benzene rings is 2. The summed E-state index contributed by atoms with van der Waals surface area (Å²) in [6.07, 6.45) is 14.3. The van der Waals surface area contributed by atoms with E-state index in [9.17, 15) is 9.18 Å². The van der Waals surface area contributed by atoms with E-state index >= 15 is 0 Å². The highest BCUT2D eigenvalue weighted by Gasteiger charge is 2.54. The van der Waals surface area contributed by atoms with Crippen molar-refractivity contribution < 1.29 is 9.18 Å². The van der Waals surface area contributed by atoms with Crippen LogP contribution in [-0.2, 0) is 11.8 Å². The summed E-state index contributed by atoms with van der Waals surface area (Å²) < 4.78 is 15.5. The molecule has 0 aliphatic heterocycles. The monoisotopic (exact) mass is 510 g/mol. The Labute approximate surface area is 223 Å². The van der Waals surface area contributed by atoms with Crippen LogP contribution in [0, 0.1) is 11.7 Å². The first kappa shape index (κ1) is 23.7. The highest BCUT2D eigenvalue weighted by molar-refractivity contribution is 5.75. The van der Waals surface area contributed by atoms with Crippen molar-refractivity contribution >= 4 is 12.1 Å². The Morgan fingerprint density at radius 3 is 2.68 bits per heavy atom. The summed E-state index contributed by atoms with van der Waals surface area (Å²) in [6, 6.07) is 15.8. The van der Waals surface area contributed by atoms with Gasteiger partial charge in [0.15, 0.2) is 0 Å². The summed E-state index contributed by atoms with van der Waals surface area (Å²) in [5, 5.41) is 8.17. The molecule has 7 rings (SSSR count). The first-order valence-corrected chi connectivity index (χ1v) is 14.2. The Bertz CT molecular complexity index is 1400. The third kappa shape index (κ3) is 3.63. The zero-order chi connectivity index (χ0) is 25.9. The number of hydrogen-bond donors (Lipinski definition) is 1. The third-order valence-corrected chi connectivity index (χ3v) is 9.85. The Balaban J connectivity index is 1.22. The summed E-state index contributed by atoms with van der Waals surface area (Å²) in [5.41, 5.74) is 7.28. The van der Waals surface area contributed by atoms with E-state index in [4.69, 9.17) is 5.10 Å². The maximum atomic E-state index is 13.5. The molecule has 4 aliphatic carbocycles. The number of fused-ring (bicyclic) bond motifs is 2. The molecule has 38 heavy (non-hydrogen) atoms. The molecule has 0 saturated heterocycles. The number of allylic oxidation sites excluding steroid dienone is 1. The van der Waals surface area contributed by atoms with Gasteiger partial charge in [0.05, 0.1) is 23.6 Å². The second-order valence-corrected chi connectivity index (χ2v) is 11.7. The number of aromatic nitrogens is 2. The number of hydrogen-bond acceptors (Lipinski definition) is 2. The molecule has 2 aromatic carbocycles. The number of urea groups is 1. The van der Waals surface area contributed by atoms with Gasteiger partial charge in [-0.1, -0.05) is 49.1 Å². The van der Waals surface area contributed by atoms with E-state index in [2.05, 4.69) is 35.7 Å². The fraction of sp³-hybridized carbons (Fsp3) is 0.438. The molecule has 2 saturated carbocycles. The fourth-order valence-corrected chi connectivity index (χ4v) is 7.90. The number of carbonyl (C=O) groups excluding carboxylic acids is 1. The quantitative estimate of drug-likeness (QED) is 0.425. The number of nitrogens with zero attached hydrogens (tertiary/aromatic N) is 3. The molecule has 4 aliphatic rings. The number of carbonyl (C=O) groups is 1. The smallest absolute Gasteiger partial charge is 0.317 e. The lowest BCUT2D eigenvalue weighted by atomic mass is 9.58. The van der Waals surface area contributed by atoms with Crippen molar-refractivity contribution in [3.05, 3.63) is 88.5 Å². The predicted octanol–water partition coefficient (Wildman–Crippen LogP) is 6.72. The average Bonchev–Trinajstić information content (AvgIpc) is 3.53. The highest BCUT2D eigenvalue weighted by Crippen LogP contribution is 2.60. The van der Waals surface area contributed by atoms with E-state index in [1.54, 1.807) is 12.1 Å². The minimum absolute atomic E-state index is 0.0306. The molecule has 1 aromatic heterocycles. The molecular weight excluding hydrogens is 475 g/mol. The Morgan fingerprint density at radius 2 is 1.87 bits per heavy atom. The Morgan fingerprint density at radius 1 is 1.08 bits per heavy atom. The predicted molar refractivity (Wildman–Crippen MR) is 147 cm³/mol. The van der Waals surface area contributed by atoms with E-state index in [0.29, 0.717) is 12.0 Å². The van der Waals surface area contributed by atoms with Gasteiger partial charge in [0, 0.05) is 18.5 Å². The van der Waals surface area contributed by atoms with E-state index in [0.717, 1.165) is 49.9 Å². The first-order valence-electron chi connectivity index (χ1n) is 14.2. The van der Waals surface area contributed by atoms with Gasteiger partial charge in [-0.15, -0.1) is 0 Å². The maximum Gasteiger partial charge on any atom is 0.317 e. The lowest BCUT2D eigenvalue weighted by Crippen LogP contribution is -2.49.